The number of halogens is 3. The molecule has 0 fully saturated rings. The first-order valence-corrected chi connectivity index (χ1v) is 9.32. The number of hydrogen-bond donors (Lipinski definition) is 1. The Labute approximate surface area is 170 Å². The van der Waals surface area contributed by atoms with Gasteiger partial charge in [-0.05, 0) is 35.4 Å². The van der Waals surface area contributed by atoms with E-state index in [9.17, 15) is 22.8 Å². The van der Waals surface area contributed by atoms with Crippen LogP contribution < -0.4 is 5.56 Å². The van der Waals surface area contributed by atoms with Crippen molar-refractivity contribution in [2.45, 2.75) is 45.3 Å². The van der Waals surface area contributed by atoms with E-state index < -0.39 is 28.7 Å². The Hall–Kier alpha value is -3.16. The van der Waals surface area contributed by atoms with Crippen molar-refractivity contribution in [1.29, 1.82) is 0 Å². The summed E-state index contributed by atoms with van der Waals surface area (Å²) in [5.41, 5.74) is 0.223. The number of aryl methyl sites for hydroxylation is 1. The summed E-state index contributed by atoms with van der Waals surface area (Å²) in [5.74, 6) is -1.06. The highest BCUT2D eigenvalue weighted by Gasteiger charge is 2.30. The van der Waals surface area contributed by atoms with Gasteiger partial charge in [0.1, 0.15) is 5.69 Å². The lowest BCUT2D eigenvalue weighted by atomic mass is 9.92. The van der Waals surface area contributed by atoms with Crippen LogP contribution >= 0.6 is 0 Å². The molecule has 158 valence electrons. The van der Waals surface area contributed by atoms with Crippen LogP contribution in [-0.2, 0) is 22.9 Å². The average Bonchev–Trinajstić information content (AvgIpc) is 2.65. The van der Waals surface area contributed by atoms with Crippen LogP contribution in [0, 0.1) is 0 Å². The quantitative estimate of drug-likeness (QED) is 0.657. The summed E-state index contributed by atoms with van der Waals surface area (Å²) in [4.78, 5) is 28.6. The van der Waals surface area contributed by atoms with Gasteiger partial charge < -0.3 is 9.67 Å². The summed E-state index contributed by atoms with van der Waals surface area (Å²) in [6, 6.07) is 9.75. The van der Waals surface area contributed by atoms with Gasteiger partial charge in [-0.1, -0.05) is 39.0 Å². The van der Waals surface area contributed by atoms with Gasteiger partial charge in [0.15, 0.2) is 0 Å². The molecule has 0 atom stereocenters. The Morgan fingerprint density at radius 3 is 2.33 bits per heavy atom. The van der Waals surface area contributed by atoms with Crippen molar-refractivity contribution in [3.63, 3.8) is 0 Å². The number of rotatable bonds is 4. The van der Waals surface area contributed by atoms with Gasteiger partial charge in [0.05, 0.1) is 23.0 Å². The van der Waals surface area contributed by atoms with Crippen LogP contribution in [-0.4, -0.2) is 20.6 Å². The van der Waals surface area contributed by atoms with Gasteiger partial charge in [0.25, 0.3) is 5.56 Å². The zero-order valence-electron chi connectivity index (χ0n) is 16.7. The van der Waals surface area contributed by atoms with Gasteiger partial charge in [0, 0.05) is 12.0 Å². The first kappa shape index (κ1) is 21.5. The molecule has 0 bridgehead atoms. The fourth-order valence-corrected chi connectivity index (χ4v) is 3.21. The third-order valence-corrected chi connectivity index (χ3v) is 4.73. The number of benzene rings is 2. The van der Waals surface area contributed by atoms with E-state index in [1.54, 1.807) is 24.3 Å². The minimum absolute atomic E-state index is 0.0672. The van der Waals surface area contributed by atoms with Crippen LogP contribution in [0.5, 0.6) is 0 Å². The molecule has 1 aromatic heterocycles. The lowest BCUT2D eigenvalue weighted by molar-refractivity contribution is -0.138. The number of fused-ring (bicyclic) bond motifs is 1. The molecule has 0 unspecified atom stereocenters. The van der Waals surface area contributed by atoms with Crippen molar-refractivity contribution < 1.29 is 23.1 Å². The first-order chi connectivity index (χ1) is 13.9. The molecule has 0 amide bonds. The third kappa shape index (κ3) is 4.37. The summed E-state index contributed by atoms with van der Waals surface area (Å²) < 4.78 is 40.6. The van der Waals surface area contributed by atoms with Crippen LogP contribution in [0.1, 0.15) is 38.4 Å². The molecule has 0 saturated carbocycles. The largest absolute Gasteiger partial charge is 0.481 e. The lowest BCUT2D eigenvalue weighted by Gasteiger charge is -2.20. The maximum absolute atomic E-state index is 13.1. The van der Waals surface area contributed by atoms with Gasteiger partial charge in [-0.3, -0.25) is 9.59 Å². The maximum Gasteiger partial charge on any atom is 0.416 e. The Morgan fingerprint density at radius 1 is 1.07 bits per heavy atom. The molecular formula is C22H21F3N2O3. The summed E-state index contributed by atoms with van der Waals surface area (Å²) >= 11 is 0. The van der Waals surface area contributed by atoms with E-state index in [2.05, 4.69) is 4.98 Å². The number of alkyl halides is 3. The monoisotopic (exact) mass is 418 g/mol. The molecule has 5 nitrogen and oxygen atoms in total. The molecular weight excluding hydrogens is 397 g/mol. The Morgan fingerprint density at radius 2 is 1.73 bits per heavy atom. The van der Waals surface area contributed by atoms with E-state index in [-0.39, 0.29) is 13.0 Å². The molecule has 1 N–H and O–H groups in total. The lowest BCUT2D eigenvalue weighted by Crippen LogP contribution is -2.33. The molecule has 30 heavy (non-hydrogen) atoms. The Bertz CT molecular complexity index is 1170. The highest BCUT2D eigenvalue weighted by molar-refractivity contribution is 5.82. The molecule has 0 spiro atoms. The number of nitrogens with zero attached hydrogens (tertiary/aromatic N) is 2. The SMILES string of the molecule is CC(C)(C)c1nc2ccc(-c3cccc(C(F)(F)F)c3)cc2n(CCC(=O)O)c1=O. The smallest absolute Gasteiger partial charge is 0.416 e. The molecule has 8 heteroatoms. The summed E-state index contributed by atoms with van der Waals surface area (Å²) in [7, 11) is 0. The Kier molecular flexibility index (Phi) is 5.45. The van der Waals surface area contributed by atoms with Gasteiger partial charge in [-0.2, -0.15) is 13.2 Å². The van der Waals surface area contributed by atoms with Gasteiger partial charge in [-0.25, -0.2) is 4.98 Å². The number of carboxylic acids is 1. The van der Waals surface area contributed by atoms with E-state index >= 15 is 0 Å². The minimum Gasteiger partial charge on any atom is -0.481 e. The van der Waals surface area contributed by atoms with Crippen molar-refractivity contribution >= 4 is 17.0 Å². The second kappa shape index (κ2) is 7.59. The van der Waals surface area contributed by atoms with Gasteiger partial charge in [-0.15, -0.1) is 0 Å². The number of carbonyl (C=O) groups is 1. The van der Waals surface area contributed by atoms with Gasteiger partial charge >= 0.3 is 12.1 Å². The highest BCUT2D eigenvalue weighted by Crippen LogP contribution is 2.33. The number of hydrogen-bond acceptors (Lipinski definition) is 3. The molecule has 0 saturated heterocycles. The Balaban J connectivity index is 2.23. The van der Waals surface area contributed by atoms with Crippen molar-refractivity contribution in [3.8, 4) is 11.1 Å². The van der Waals surface area contributed by atoms with Crippen LogP contribution in [0.15, 0.2) is 47.3 Å². The van der Waals surface area contributed by atoms with Crippen LogP contribution in [0.2, 0.25) is 0 Å². The van der Waals surface area contributed by atoms with Crippen molar-refractivity contribution in [2.75, 3.05) is 0 Å². The van der Waals surface area contributed by atoms with Crippen LogP contribution in [0.4, 0.5) is 13.2 Å². The highest BCUT2D eigenvalue weighted by atomic mass is 19.4. The predicted molar refractivity (Wildman–Crippen MR) is 107 cm³/mol. The average molecular weight is 418 g/mol. The normalized spacial score (nSPS) is 12.3. The van der Waals surface area contributed by atoms with Crippen LogP contribution in [0.25, 0.3) is 22.2 Å². The number of carboxylic acid groups (broad SMARTS) is 1. The van der Waals surface area contributed by atoms with E-state index in [4.69, 9.17) is 5.11 Å². The van der Waals surface area contributed by atoms with E-state index in [1.165, 1.54) is 10.6 Å². The molecule has 0 aliphatic rings. The van der Waals surface area contributed by atoms with Gasteiger partial charge in [0.2, 0.25) is 0 Å². The molecule has 3 aromatic rings. The minimum atomic E-state index is -4.47. The molecule has 0 radical (unpaired) electrons. The molecule has 2 aromatic carbocycles. The fourth-order valence-electron chi connectivity index (χ4n) is 3.21. The van der Waals surface area contributed by atoms with E-state index in [0.717, 1.165) is 12.1 Å². The van der Waals surface area contributed by atoms with Crippen molar-refractivity contribution in [1.82, 2.24) is 9.55 Å². The second-order valence-electron chi connectivity index (χ2n) is 8.09. The molecule has 3 rings (SSSR count). The number of aromatic nitrogens is 2. The second-order valence-corrected chi connectivity index (χ2v) is 8.09. The fraction of sp³-hybridized carbons (Fsp3) is 0.318. The number of aliphatic carboxylic acids is 1. The third-order valence-electron chi connectivity index (χ3n) is 4.73. The zero-order valence-corrected chi connectivity index (χ0v) is 16.7. The predicted octanol–water partition coefficient (Wildman–Crippen LogP) is 4.85. The maximum atomic E-state index is 13.1. The molecule has 0 aliphatic carbocycles. The standard InChI is InChI=1S/C22H21F3N2O3/c1-21(2,3)19-20(30)27(10-9-18(28)29)17-12-14(7-8-16(17)26-19)13-5-4-6-15(11-13)22(23,24)25/h4-8,11-12H,9-10H2,1-3H3,(H,28,29). The summed E-state index contributed by atoms with van der Waals surface area (Å²) in [6.07, 6.45) is -4.74. The molecule has 1 heterocycles. The van der Waals surface area contributed by atoms with E-state index in [1.807, 2.05) is 20.8 Å². The van der Waals surface area contributed by atoms with E-state index in [0.29, 0.717) is 27.9 Å². The first-order valence-electron chi connectivity index (χ1n) is 9.32. The van der Waals surface area contributed by atoms with Crippen molar-refractivity contribution in [2.24, 2.45) is 0 Å². The topological polar surface area (TPSA) is 72.2 Å². The summed E-state index contributed by atoms with van der Waals surface area (Å²) in [5, 5.41) is 9.07. The zero-order chi connectivity index (χ0) is 22.3. The molecule has 0 aliphatic heterocycles. The van der Waals surface area contributed by atoms with Crippen LogP contribution in [0.3, 0.4) is 0 Å². The summed E-state index contributed by atoms with van der Waals surface area (Å²) in [6.45, 7) is 5.44. The van der Waals surface area contributed by atoms with Crippen molar-refractivity contribution in [3.05, 3.63) is 64.1 Å².